The van der Waals surface area contributed by atoms with Crippen LogP contribution in [-0.4, -0.2) is 28.8 Å². The number of ether oxygens (including phenoxy) is 1. The molecule has 1 N–H and O–H groups in total. The summed E-state index contributed by atoms with van der Waals surface area (Å²) in [7, 11) is 0. The zero-order chi connectivity index (χ0) is 21.4. The van der Waals surface area contributed by atoms with E-state index in [1.54, 1.807) is 6.20 Å². The molecule has 3 aliphatic carbocycles. The van der Waals surface area contributed by atoms with E-state index >= 15 is 0 Å². The van der Waals surface area contributed by atoms with E-state index in [1.807, 2.05) is 12.1 Å². The Morgan fingerprint density at radius 2 is 2.00 bits per heavy atom. The Hall–Kier alpha value is -2.47. The molecule has 7 heteroatoms. The van der Waals surface area contributed by atoms with Crippen LogP contribution in [0, 0.1) is 11.2 Å². The number of amides is 1. The van der Waals surface area contributed by atoms with Crippen LogP contribution in [0.15, 0.2) is 36.5 Å². The molecule has 3 fully saturated rings. The maximum atomic E-state index is 13.4. The number of carbonyl (C=O) groups excluding carboxylic acids is 2. The third-order valence-electron chi connectivity index (χ3n) is 5.99. The van der Waals surface area contributed by atoms with Crippen molar-refractivity contribution in [2.75, 3.05) is 6.61 Å². The minimum absolute atomic E-state index is 0.00723. The molecule has 0 spiro atoms. The van der Waals surface area contributed by atoms with E-state index in [0.717, 1.165) is 43.7 Å². The Morgan fingerprint density at radius 1 is 1.23 bits per heavy atom. The minimum Gasteiger partial charge on any atom is -0.484 e. The third-order valence-corrected chi connectivity index (χ3v) is 6.30. The summed E-state index contributed by atoms with van der Waals surface area (Å²) < 4.78 is 18.8. The van der Waals surface area contributed by atoms with E-state index < -0.39 is 5.82 Å². The summed E-state index contributed by atoms with van der Waals surface area (Å²) >= 11 is 5.63. The molecule has 1 heterocycles. The number of ketones is 1. The number of pyridine rings is 1. The number of benzene rings is 1. The second kappa shape index (κ2) is 7.99. The van der Waals surface area contributed by atoms with Crippen molar-refractivity contribution < 1.29 is 18.7 Å². The van der Waals surface area contributed by atoms with Gasteiger partial charge in [0.15, 0.2) is 12.4 Å². The van der Waals surface area contributed by atoms with Crippen molar-refractivity contribution in [3.05, 3.63) is 58.6 Å². The third kappa shape index (κ3) is 4.19. The molecule has 30 heavy (non-hydrogen) atoms. The molecule has 2 aromatic rings. The first-order chi connectivity index (χ1) is 14.3. The van der Waals surface area contributed by atoms with Crippen LogP contribution in [0.3, 0.4) is 0 Å². The van der Waals surface area contributed by atoms with Crippen molar-refractivity contribution in [1.29, 1.82) is 0 Å². The minimum atomic E-state index is -0.588. The standard InChI is InChI=1S/C23H24ClFN2O3/c1-2-3-15-6-7-26-19(8-15)20(28)10-22-12-23(13-22,14-22)27-21(29)11-30-16-4-5-17(24)18(25)9-16/h4-9H,2-3,10-14H2,1H3,(H,27,29). The highest BCUT2D eigenvalue weighted by atomic mass is 35.5. The molecule has 0 unspecified atom stereocenters. The molecular weight excluding hydrogens is 407 g/mol. The molecule has 5 nitrogen and oxygen atoms in total. The van der Waals surface area contributed by atoms with Crippen molar-refractivity contribution in [1.82, 2.24) is 10.3 Å². The van der Waals surface area contributed by atoms with Crippen LogP contribution in [0.1, 0.15) is 55.1 Å². The lowest BCUT2D eigenvalue weighted by Crippen LogP contribution is -2.75. The Balaban J connectivity index is 1.24. The maximum Gasteiger partial charge on any atom is 0.258 e. The summed E-state index contributed by atoms with van der Waals surface area (Å²) in [5.41, 5.74) is 1.42. The molecule has 1 amide bonds. The first-order valence-electron chi connectivity index (χ1n) is 10.2. The second-order valence-electron chi connectivity index (χ2n) is 8.62. The number of rotatable bonds is 9. The molecule has 0 saturated heterocycles. The van der Waals surface area contributed by atoms with E-state index in [-0.39, 0.29) is 40.0 Å². The zero-order valence-corrected chi connectivity index (χ0v) is 17.6. The highest BCUT2D eigenvalue weighted by molar-refractivity contribution is 6.30. The molecule has 5 rings (SSSR count). The summed E-state index contributed by atoms with van der Waals surface area (Å²) in [6, 6.07) is 7.90. The zero-order valence-electron chi connectivity index (χ0n) is 16.8. The SMILES string of the molecule is CCCc1ccnc(C(=O)CC23CC(NC(=O)COc4ccc(Cl)c(F)c4)(C2)C3)c1. The van der Waals surface area contributed by atoms with Crippen LogP contribution < -0.4 is 10.1 Å². The van der Waals surface area contributed by atoms with Gasteiger partial charge < -0.3 is 10.1 Å². The van der Waals surface area contributed by atoms with Gasteiger partial charge in [0.05, 0.1) is 5.02 Å². The lowest BCUT2D eigenvalue weighted by Gasteiger charge is -2.70. The number of aryl methyl sites for hydroxylation is 1. The highest BCUT2D eigenvalue weighted by Gasteiger charge is 2.68. The van der Waals surface area contributed by atoms with E-state index in [9.17, 15) is 14.0 Å². The fourth-order valence-corrected chi connectivity index (χ4v) is 4.99. The van der Waals surface area contributed by atoms with Crippen LogP contribution in [0.4, 0.5) is 4.39 Å². The Morgan fingerprint density at radius 3 is 2.70 bits per heavy atom. The number of nitrogens with zero attached hydrogens (tertiary/aromatic N) is 1. The normalized spacial score (nSPS) is 23.8. The molecule has 3 aliphatic rings. The number of aromatic nitrogens is 1. The smallest absolute Gasteiger partial charge is 0.258 e. The van der Waals surface area contributed by atoms with Crippen LogP contribution >= 0.6 is 11.6 Å². The Labute approximate surface area is 180 Å². The van der Waals surface area contributed by atoms with E-state index in [2.05, 4.69) is 17.2 Å². The topological polar surface area (TPSA) is 68.3 Å². The van der Waals surface area contributed by atoms with Gasteiger partial charge >= 0.3 is 0 Å². The molecule has 2 bridgehead atoms. The molecule has 1 aromatic heterocycles. The fourth-order valence-electron chi connectivity index (χ4n) is 4.87. The van der Waals surface area contributed by atoms with Gasteiger partial charge in [-0.05, 0) is 60.9 Å². The van der Waals surface area contributed by atoms with Crippen molar-refractivity contribution in [2.45, 2.75) is 51.0 Å². The number of halogens is 2. The lowest BCUT2D eigenvalue weighted by atomic mass is 9.38. The lowest BCUT2D eigenvalue weighted by molar-refractivity contribution is -0.164. The number of hydrogen-bond donors (Lipinski definition) is 1. The van der Waals surface area contributed by atoms with Gasteiger partial charge in [0, 0.05) is 24.2 Å². The first-order valence-corrected chi connectivity index (χ1v) is 10.6. The van der Waals surface area contributed by atoms with Crippen molar-refractivity contribution in [3.63, 3.8) is 0 Å². The number of Topliss-reactive ketones (excluding diaryl/α,β-unsaturated/α-hetero) is 1. The van der Waals surface area contributed by atoms with Crippen molar-refractivity contribution in [3.8, 4) is 5.75 Å². The molecule has 158 valence electrons. The van der Waals surface area contributed by atoms with Gasteiger partial charge in [0.2, 0.25) is 0 Å². The molecule has 0 atom stereocenters. The van der Waals surface area contributed by atoms with Gasteiger partial charge in [-0.1, -0.05) is 24.9 Å². The largest absolute Gasteiger partial charge is 0.484 e. The molecule has 3 saturated carbocycles. The summed E-state index contributed by atoms with van der Waals surface area (Å²) in [5.74, 6) is -0.514. The van der Waals surface area contributed by atoms with E-state index in [0.29, 0.717) is 12.1 Å². The monoisotopic (exact) mass is 430 g/mol. The summed E-state index contributed by atoms with van der Waals surface area (Å²) in [4.78, 5) is 29.1. The Bertz CT molecular complexity index is 974. The Kier molecular flexibility index (Phi) is 5.53. The highest BCUT2D eigenvalue weighted by Crippen LogP contribution is 2.69. The van der Waals surface area contributed by atoms with Gasteiger partial charge in [-0.3, -0.25) is 14.6 Å². The van der Waals surface area contributed by atoms with Gasteiger partial charge in [-0.15, -0.1) is 0 Å². The first kappa shape index (κ1) is 20.8. The van der Waals surface area contributed by atoms with Gasteiger partial charge in [-0.25, -0.2) is 4.39 Å². The van der Waals surface area contributed by atoms with Crippen molar-refractivity contribution >= 4 is 23.3 Å². The van der Waals surface area contributed by atoms with Gasteiger partial charge in [0.25, 0.3) is 5.91 Å². The predicted octanol–water partition coefficient (Wildman–Crippen LogP) is 4.52. The summed E-state index contributed by atoms with van der Waals surface area (Å²) in [6.45, 7) is 1.92. The maximum absolute atomic E-state index is 13.4. The number of nitrogens with one attached hydrogen (secondary N) is 1. The van der Waals surface area contributed by atoms with E-state index in [4.69, 9.17) is 16.3 Å². The quantitative estimate of drug-likeness (QED) is 0.594. The average Bonchev–Trinajstić information content (AvgIpc) is 2.66. The van der Waals surface area contributed by atoms with E-state index in [1.165, 1.54) is 12.1 Å². The van der Waals surface area contributed by atoms with Gasteiger partial charge in [0.1, 0.15) is 17.3 Å². The fraction of sp³-hybridized carbons (Fsp3) is 0.435. The molecule has 1 aromatic carbocycles. The predicted molar refractivity (Wildman–Crippen MR) is 111 cm³/mol. The average molecular weight is 431 g/mol. The van der Waals surface area contributed by atoms with Crippen molar-refractivity contribution in [2.24, 2.45) is 5.41 Å². The van der Waals surface area contributed by atoms with Gasteiger partial charge in [-0.2, -0.15) is 0 Å². The molecular formula is C23H24ClFN2O3. The summed E-state index contributed by atoms with van der Waals surface area (Å²) in [5, 5.41) is 3.02. The second-order valence-corrected chi connectivity index (χ2v) is 9.03. The van der Waals surface area contributed by atoms with Crippen LogP contribution in [0.25, 0.3) is 0 Å². The summed E-state index contributed by atoms with van der Waals surface area (Å²) in [6.07, 6.45) is 6.52. The number of carbonyl (C=O) groups is 2. The molecule has 0 aliphatic heterocycles. The van der Waals surface area contributed by atoms with Crippen LogP contribution in [0.5, 0.6) is 5.75 Å². The van der Waals surface area contributed by atoms with Crippen LogP contribution in [0.2, 0.25) is 5.02 Å². The number of hydrogen-bond acceptors (Lipinski definition) is 4. The molecule has 0 radical (unpaired) electrons. The van der Waals surface area contributed by atoms with Crippen LogP contribution in [-0.2, 0) is 11.2 Å².